The van der Waals surface area contributed by atoms with Gasteiger partial charge in [-0.3, -0.25) is 4.31 Å². The largest absolute Gasteiger partial charge is 0.497 e. The molecule has 1 heterocycles. The summed E-state index contributed by atoms with van der Waals surface area (Å²) in [6, 6.07) is 16.3. The van der Waals surface area contributed by atoms with E-state index in [1.165, 1.54) is 5.69 Å². The molecule has 0 spiro atoms. The third kappa shape index (κ3) is 1.80. The van der Waals surface area contributed by atoms with Gasteiger partial charge in [0.15, 0.2) is 0 Å². The summed E-state index contributed by atoms with van der Waals surface area (Å²) in [5, 5.41) is 0. The fourth-order valence-electron chi connectivity index (χ4n) is 1.79. The fourth-order valence-corrected chi connectivity index (χ4v) is 2.64. The number of fused-ring (bicyclic) bond motifs is 1. The molecule has 0 atom stereocenters. The fraction of sp³-hybridized carbons (Fsp3) is 0.0769. The average molecular weight is 244 g/mol. The Balaban J connectivity index is 1.95. The summed E-state index contributed by atoms with van der Waals surface area (Å²) in [6.45, 7) is 0. The lowest BCUT2D eigenvalue weighted by molar-refractivity contribution is 0.415. The number of hydrogen-bond acceptors (Lipinski definition) is 4. The number of para-hydroxylation sites is 2. The maximum atomic E-state index is 5.16. The average Bonchev–Trinajstić information content (AvgIpc) is 2.83. The van der Waals surface area contributed by atoms with Gasteiger partial charge in [0, 0.05) is 0 Å². The molecule has 0 amide bonds. The van der Waals surface area contributed by atoms with Crippen LogP contribution in [0.2, 0.25) is 0 Å². The highest BCUT2D eigenvalue weighted by Crippen LogP contribution is 2.44. The van der Waals surface area contributed by atoms with E-state index in [4.69, 9.17) is 4.74 Å². The quantitative estimate of drug-likeness (QED) is 0.812. The van der Waals surface area contributed by atoms with Crippen LogP contribution in [-0.2, 0) is 0 Å². The van der Waals surface area contributed by atoms with E-state index in [0.29, 0.717) is 0 Å². The second kappa shape index (κ2) is 4.22. The first kappa shape index (κ1) is 10.4. The first-order valence-corrected chi connectivity index (χ1v) is 6.12. The van der Waals surface area contributed by atoms with Crippen molar-refractivity contribution in [2.24, 2.45) is 0 Å². The molecule has 0 bridgehead atoms. The van der Waals surface area contributed by atoms with Crippen LogP contribution >= 0.6 is 12.1 Å². The van der Waals surface area contributed by atoms with Crippen LogP contribution in [-0.4, -0.2) is 7.11 Å². The van der Waals surface area contributed by atoms with Crippen LogP contribution in [0.1, 0.15) is 0 Å². The van der Waals surface area contributed by atoms with E-state index in [1.807, 2.05) is 24.3 Å². The molecule has 0 radical (unpaired) electrons. The van der Waals surface area contributed by atoms with Gasteiger partial charge < -0.3 is 9.46 Å². The van der Waals surface area contributed by atoms with E-state index in [-0.39, 0.29) is 0 Å². The van der Waals surface area contributed by atoms with Gasteiger partial charge in [0.2, 0.25) is 0 Å². The van der Waals surface area contributed by atoms with E-state index in [2.05, 4.69) is 33.3 Å². The van der Waals surface area contributed by atoms with Crippen molar-refractivity contribution in [3.63, 3.8) is 0 Å². The first-order chi connectivity index (χ1) is 8.38. The molecule has 1 N–H and O–H groups in total. The highest BCUT2D eigenvalue weighted by molar-refractivity contribution is 8.02. The summed E-state index contributed by atoms with van der Waals surface area (Å²) >= 11 is 1.58. The van der Waals surface area contributed by atoms with Gasteiger partial charge >= 0.3 is 0 Å². The van der Waals surface area contributed by atoms with E-state index in [1.54, 1.807) is 19.2 Å². The van der Waals surface area contributed by atoms with Crippen LogP contribution in [0.15, 0.2) is 48.5 Å². The molecule has 17 heavy (non-hydrogen) atoms. The van der Waals surface area contributed by atoms with Crippen LogP contribution in [0.5, 0.6) is 5.75 Å². The highest BCUT2D eigenvalue weighted by atomic mass is 32.2. The number of anilines is 3. The lowest BCUT2D eigenvalue weighted by Crippen LogP contribution is -2.02. The molecule has 2 aromatic rings. The van der Waals surface area contributed by atoms with Gasteiger partial charge in [-0.25, -0.2) is 0 Å². The maximum absolute atomic E-state index is 5.16. The predicted molar refractivity (Wildman–Crippen MR) is 72.8 cm³/mol. The summed E-state index contributed by atoms with van der Waals surface area (Å²) in [5.74, 6) is 0.874. The van der Waals surface area contributed by atoms with Crippen molar-refractivity contribution in [2.45, 2.75) is 0 Å². The van der Waals surface area contributed by atoms with Gasteiger partial charge in [0.05, 0.1) is 36.3 Å². The zero-order chi connectivity index (χ0) is 11.7. The van der Waals surface area contributed by atoms with E-state index in [9.17, 15) is 0 Å². The third-order valence-corrected chi connectivity index (χ3v) is 3.58. The lowest BCUT2D eigenvalue weighted by Gasteiger charge is -2.16. The molecule has 0 aliphatic carbocycles. The SMILES string of the molecule is COc1ccc(N2SNc3ccccc32)cc1. The summed E-state index contributed by atoms with van der Waals surface area (Å²) in [4.78, 5) is 0. The third-order valence-electron chi connectivity index (χ3n) is 2.68. The Morgan fingerprint density at radius 3 is 2.59 bits per heavy atom. The summed E-state index contributed by atoms with van der Waals surface area (Å²) < 4.78 is 10.6. The first-order valence-electron chi connectivity index (χ1n) is 5.35. The van der Waals surface area contributed by atoms with Crippen molar-refractivity contribution >= 4 is 29.2 Å². The molecule has 3 rings (SSSR count). The van der Waals surface area contributed by atoms with Gasteiger partial charge in [0.1, 0.15) is 5.75 Å². The van der Waals surface area contributed by atoms with Crippen LogP contribution < -0.4 is 13.8 Å². The van der Waals surface area contributed by atoms with Gasteiger partial charge in [-0.2, -0.15) is 0 Å². The molecule has 3 nitrogen and oxygen atoms in total. The molecule has 4 heteroatoms. The highest BCUT2D eigenvalue weighted by Gasteiger charge is 2.20. The predicted octanol–water partition coefficient (Wildman–Crippen LogP) is 3.82. The Labute approximate surface area is 105 Å². The molecule has 86 valence electrons. The molecule has 2 aromatic carbocycles. The number of hydrogen-bond donors (Lipinski definition) is 1. The lowest BCUT2D eigenvalue weighted by atomic mass is 10.2. The van der Waals surface area contributed by atoms with Crippen LogP contribution in [0, 0.1) is 0 Å². The molecule has 0 saturated heterocycles. The zero-order valence-corrected chi connectivity index (χ0v) is 10.2. The molecule has 0 aromatic heterocycles. The Morgan fingerprint density at radius 2 is 1.82 bits per heavy atom. The van der Waals surface area contributed by atoms with Crippen molar-refractivity contribution < 1.29 is 4.74 Å². The van der Waals surface area contributed by atoms with Gasteiger partial charge in [0.25, 0.3) is 0 Å². The summed E-state index contributed by atoms with van der Waals surface area (Å²) in [5.41, 5.74) is 3.46. The van der Waals surface area contributed by atoms with Crippen molar-refractivity contribution in [3.8, 4) is 5.75 Å². The topological polar surface area (TPSA) is 24.5 Å². The Hall–Kier alpha value is -1.81. The maximum Gasteiger partial charge on any atom is 0.119 e. The van der Waals surface area contributed by atoms with Crippen molar-refractivity contribution in [3.05, 3.63) is 48.5 Å². The minimum Gasteiger partial charge on any atom is -0.497 e. The van der Waals surface area contributed by atoms with Crippen molar-refractivity contribution in [2.75, 3.05) is 16.1 Å². The number of benzene rings is 2. The summed E-state index contributed by atoms with van der Waals surface area (Å²) in [6.07, 6.45) is 0. The van der Waals surface area contributed by atoms with Crippen molar-refractivity contribution in [1.82, 2.24) is 0 Å². The second-order valence-electron chi connectivity index (χ2n) is 3.70. The normalized spacial score (nSPS) is 13.1. The van der Waals surface area contributed by atoms with Crippen molar-refractivity contribution in [1.29, 1.82) is 0 Å². The van der Waals surface area contributed by atoms with Crippen LogP contribution in [0.4, 0.5) is 17.1 Å². The molecule has 1 aliphatic heterocycles. The smallest absolute Gasteiger partial charge is 0.119 e. The summed E-state index contributed by atoms with van der Waals surface area (Å²) in [7, 11) is 1.68. The Bertz CT molecular complexity index is 527. The van der Waals surface area contributed by atoms with E-state index < -0.39 is 0 Å². The number of rotatable bonds is 2. The van der Waals surface area contributed by atoms with Gasteiger partial charge in [-0.15, -0.1) is 0 Å². The molecule has 0 saturated carbocycles. The molecule has 1 aliphatic rings. The molecule has 0 unspecified atom stereocenters. The number of nitrogens with zero attached hydrogens (tertiary/aromatic N) is 1. The minimum absolute atomic E-state index is 0.874. The molecular formula is C13H12N2OS. The Morgan fingerprint density at radius 1 is 1.06 bits per heavy atom. The standard InChI is InChI=1S/C13H12N2OS/c1-16-11-8-6-10(7-9-11)15-13-5-3-2-4-12(13)14-17-15/h2-9,14H,1H3. The monoisotopic (exact) mass is 244 g/mol. The van der Waals surface area contributed by atoms with Gasteiger partial charge in [-0.05, 0) is 36.4 Å². The molecular weight excluding hydrogens is 232 g/mol. The number of methoxy groups -OCH3 is 1. The zero-order valence-electron chi connectivity index (χ0n) is 9.38. The second-order valence-corrected chi connectivity index (χ2v) is 4.45. The molecule has 0 fully saturated rings. The number of ether oxygens (including phenoxy) is 1. The van der Waals surface area contributed by atoms with E-state index >= 15 is 0 Å². The number of nitrogens with one attached hydrogen (secondary N) is 1. The van der Waals surface area contributed by atoms with Gasteiger partial charge in [-0.1, -0.05) is 12.1 Å². The van der Waals surface area contributed by atoms with Crippen LogP contribution in [0.3, 0.4) is 0 Å². The van der Waals surface area contributed by atoms with Crippen LogP contribution in [0.25, 0.3) is 0 Å². The van der Waals surface area contributed by atoms with E-state index in [0.717, 1.165) is 17.1 Å². The minimum atomic E-state index is 0.874. The Kier molecular flexibility index (Phi) is 2.57.